The molecule has 1 atom stereocenters. The van der Waals surface area contributed by atoms with Crippen molar-refractivity contribution in [3.8, 4) is 5.75 Å². The number of carbonyl (C=O) groups is 3. The van der Waals surface area contributed by atoms with Crippen molar-refractivity contribution >= 4 is 35.0 Å². The zero-order valence-corrected chi connectivity index (χ0v) is 21.7. The number of amides is 2. The molecule has 4 saturated carbocycles. The number of hydrogen-bond acceptors (Lipinski definition) is 6. The summed E-state index contributed by atoms with van der Waals surface area (Å²) in [4.78, 5) is 39.1. The van der Waals surface area contributed by atoms with Crippen molar-refractivity contribution in [3.63, 3.8) is 0 Å². The number of rotatable bonds is 8. The number of nitrogens with zero attached hydrogens (tertiary/aromatic N) is 1. The Morgan fingerprint density at radius 3 is 2.40 bits per heavy atom. The van der Waals surface area contributed by atoms with Crippen molar-refractivity contribution in [2.45, 2.75) is 77.2 Å². The normalized spacial score (nSPS) is 31.3. The van der Waals surface area contributed by atoms with Crippen LogP contribution in [0.2, 0.25) is 0 Å². The van der Waals surface area contributed by atoms with Gasteiger partial charge in [-0.05, 0) is 117 Å². The van der Waals surface area contributed by atoms with Gasteiger partial charge < -0.3 is 9.47 Å². The lowest BCUT2D eigenvalue weighted by molar-refractivity contribution is -0.150. The van der Waals surface area contributed by atoms with E-state index in [0.29, 0.717) is 23.7 Å². The number of hydrogen-bond donors (Lipinski definition) is 0. The Balaban J connectivity index is 1.41. The van der Waals surface area contributed by atoms with Crippen LogP contribution in [0.1, 0.15) is 76.8 Å². The minimum Gasteiger partial charge on any atom is -0.493 e. The lowest BCUT2D eigenvalue weighted by Gasteiger charge is -2.57. The maximum Gasteiger partial charge on any atom is 0.326 e. The monoisotopic (exact) mass is 497 g/mol. The predicted molar refractivity (Wildman–Crippen MR) is 136 cm³/mol. The SMILES string of the molecule is CCOc1ccc(C23CC4CC(CC(C4)C2)C3)cc1/C=C1/SC(=O)N(CC(=O)O[C@H](C)CC)C1=O. The average molecular weight is 498 g/mol. The van der Waals surface area contributed by atoms with Crippen LogP contribution in [0.25, 0.3) is 6.08 Å². The highest BCUT2D eigenvalue weighted by Crippen LogP contribution is 2.61. The number of benzene rings is 1. The molecule has 6 rings (SSSR count). The van der Waals surface area contributed by atoms with Crippen LogP contribution in [-0.2, 0) is 19.7 Å². The first-order valence-electron chi connectivity index (χ1n) is 13.0. The molecule has 6 nitrogen and oxygen atoms in total. The van der Waals surface area contributed by atoms with Gasteiger partial charge in [-0.3, -0.25) is 19.3 Å². The molecule has 4 bridgehead atoms. The number of ether oxygens (including phenoxy) is 2. The molecule has 0 unspecified atom stereocenters. The molecule has 0 N–H and O–H groups in total. The summed E-state index contributed by atoms with van der Waals surface area (Å²) in [6.45, 7) is 5.79. The predicted octanol–water partition coefficient (Wildman–Crippen LogP) is 5.93. The number of esters is 1. The third-order valence-corrected chi connectivity index (χ3v) is 9.22. The van der Waals surface area contributed by atoms with Crippen LogP contribution in [0, 0.1) is 17.8 Å². The van der Waals surface area contributed by atoms with Crippen LogP contribution in [-0.4, -0.2) is 41.3 Å². The van der Waals surface area contributed by atoms with Gasteiger partial charge in [-0.1, -0.05) is 13.0 Å². The third kappa shape index (κ3) is 4.76. The minimum absolute atomic E-state index is 0.223. The average Bonchev–Trinajstić information content (AvgIpc) is 3.06. The molecule has 2 amide bonds. The van der Waals surface area contributed by atoms with E-state index in [2.05, 4.69) is 12.1 Å². The van der Waals surface area contributed by atoms with E-state index in [1.54, 1.807) is 13.0 Å². The molecule has 0 spiro atoms. The summed E-state index contributed by atoms with van der Waals surface area (Å²) in [6, 6.07) is 6.42. The van der Waals surface area contributed by atoms with Crippen molar-refractivity contribution in [2.75, 3.05) is 13.2 Å². The van der Waals surface area contributed by atoms with Gasteiger partial charge in [0, 0.05) is 5.56 Å². The third-order valence-electron chi connectivity index (χ3n) is 8.32. The van der Waals surface area contributed by atoms with Gasteiger partial charge in [0.1, 0.15) is 12.3 Å². The summed E-state index contributed by atoms with van der Waals surface area (Å²) in [5.41, 5.74) is 2.39. The minimum atomic E-state index is -0.568. The van der Waals surface area contributed by atoms with Crippen molar-refractivity contribution < 1.29 is 23.9 Å². The van der Waals surface area contributed by atoms with Crippen LogP contribution in [0.5, 0.6) is 5.75 Å². The zero-order chi connectivity index (χ0) is 24.7. The van der Waals surface area contributed by atoms with Gasteiger partial charge in [0.2, 0.25) is 0 Å². The first-order valence-corrected chi connectivity index (χ1v) is 13.8. The van der Waals surface area contributed by atoms with E-state index in [4.69, 9.17) is 9.47 Å². The largest absolute Gasteiger partial charge is 0.493 e. The second-order valence-corrected chi connectivity index (χ2v) is 11.9. The lowest BCUT2D eigenvalue weighted by Crippen LogP contribution is -2.48. The van der Waals surface area contributed by atoms with Gasteiger partial charge >= 0.3 is 5.97 Å². The fourth-order valence-electron chi connectivity index (χ4n) is 6.99. The first kappa shape index (κ1) is 24.4. The van der Waals surface area contributed by atoms with Crippen LogP contribution >= 0.6 is 11.8 Å². The Morgan fingerprint density at radius 2 is 1.80 bits per heavy atom. The first-order chi connectivity index (χ1) is 16.8. The molecule has 1 aromatic carbocycles. The Morgan fingerprint density at radius 1 is 1.14 bits per heavy atom. The fraction of sp³-hybridized carbons (Fsp3) is 0.607. The maximum atomic E-state index is 13.1. The van der Waals surface area contributed by atoms with Gasteiger partial charge in [0.15, 0.2) is 0 Å². The topological polar surface area (TPSA) is 72.9 Å². The van der Waals surface area contributed by atoms with Crippen LogP contribution < -0.4 is 4.74 Å². The molecule has 1 aromatic rings. The molecule has 1 saturated heterocycles. The summed E-state index contributed by atoms with van der Waals surface area (Å²) in [6.07, 6.45) is 10.1. The number of imide groups is 1. The number of thioether (sulfide) groups is 1. The smallest absolute Gasteiger partial charge is 0.326 e. The second-order valence-electron chi connectivity index (χ2n) is 10.9. The van der Waals surface area contributed by atoms with Crippen LogP contribution in [0.15, 0.2) is 23.1 Å². The van der Waals surface area contributed by atoms with E-state index in [0.717, 1.165) is 40.0 Å². The van der Waals surface area contributed by atoms with E-state index in [1.807, 2.05) is 19.9 Å². The summed E-state index contributed by atoms with van der Waals surface area (Å²) in [5, 5.41) is -0.447. The van der Waals surface area contributed by atoms with Crippen LogP contribution in [0.3, 0.4) is 0 Å². The van der Waals surface area contributed by atoms with E-state index in [9.17, 15) is 14.4 Å². The Bertz CT molecular complexity index is 1030. The van der Waals surface area contributed by atoms with Crippen molar-refractivity contribution in [1.29, 1.82) is 0 Å². The highest BCUT2D eigenvalue weighted by molar-refractivity contribution is 8.18. The van der Waals surface area contributed by atoms with Crippen molar-refractivity contribution in [1.82, 2.24) is 4.90 Å². The molecule has 0 aromatic heterocycles. The molecule has 188 valence electrons. The molecular weight excluding hydrogens is 462 g/mol. The molecule has 0 radical (unpaired) electrons. The van der Waals surface area contributed by atoms with E-state index in [-0.39, 0.29) is 18.1 Å². The van der Waals surface area contributed by atoms with Crippen LogP contribution in [0.4, 0.5) is 4.79 Å². The van der Waals surface area contributed by atoms with Gasteiger partial charge in [0.25, 0.3) is 11.1 Å². The summed E-state index contributed by atoms with van der Waals surface area (Å²) >= 11 is 0.871. The van der Waals surface area contributed by atoms with E-state index in [1.165, 1.54) is 44.1 Å². The number of carbonyl (C=O) groups excluding carboxylic acids is 3. The Hall–Kier alpha value is -2.28. The van der Waals surface area contributed by atoms with Gasteiger partial charge in [-0.15, -0.1) is 0 Å². The molecular formula is C28H35NO5S. The van der Waals surface area contributed by atoms with Crippen molar-refractivity contribution in [2.24, 2.45) is 17.8 Å². The summed E-state index contributed by atoms with van der Waals surface area (Å²) < 4.78 is 11.2. The second kappa shape index (κ2) is 9.64. The Kier molecular flexibility index (Phi) is 6.73. The van der Waals surface area contributed by atoms with Gasteiger partial charge in [0.05, 0.1) is 17.6 Å². The molecule has 7 heteroatoms. The highest BCUT2D eigenvalue weighted by Gasteiger charge is 2.51. The summed E-state index contributed by atoms with van der Waals surface area (Å²) in [5.74, 6) is 2.20. The van der Waals surface area contributed by atoms with Gasteiger partial charge in [-0.25, -0.2) is 0 Å². The molecule has 5 aliphatic rings. The highest BCUT2D eigenvalue weighted by atomic mass is 32.2. The van der Waals surface area contributed by atoms with Gasteiger partial charge in [-0.2, -0.15) is 0 Å². The van der Waals surface area contributed by atoms with E-state index >= 15 is 0 Å². The molecule has 5 fully saturated rings. The zero-order valence-electron chi connectivity index (χ0n) is 20.9. The van der Waals surface area contributed by atoms with Crippen molar-refractivity contribution in [3.05, 3.63) is 34.2 Å². The van der Waals surface area contributed by atoms with E-state index < -0.39 is 17.1 Å². The maximum absolute atomic E-state index is 13.1. The quantitative estimate of drug-likeness (QED) is 0.327. The molecule has 4 aliphatic carbocycles. The molecule has 1 heterocycles. The fourth-order valence-corrected chi connectivity index (χ4v) is 7.82. The molecule has 35 heavy (non-hydrogen) atoms. The lowest BCUT2D eigenvalue weighted by atomic mass is 9.48. The molecule has 1 aliphatic heterocycles. The Labute approximate surface area is 211 Å². The standard InChI is InChI=1S/C28H35NO5S/c1-4-17(3)34-25(30)16-29-26(31)24(35-27(29)32)12-21-11-22(6-7-23(21)33-5-2)28-13-18-8-19(14-28)10-20(9-18)15-28/h6-7,11-12,17-20H,4-5,8-10,13-16H2,1-3H3/b24-12+/t17-,18?,19?,20?,28?/m1/s1. The summed E-state index contributed by atoms with van der Waals surface area (Å²) in [7, 11) is 0.